The van der Waals surface area contributed by atoms with E-state index >= 15 is 0 Å². The lowest BCUT2D eigenvalue weighted by atomic mass is 10.0. The Bertz CT molecular complexity index is 527. The number of methoxy groups -OCH3 is 3. The minimum atomic E-state index is -0.872. The van der Waals surface area contributed by atoms with Crippen LogP contribution < -0.4 is 0 Å². The maximum absolute atomic E-state index is 12.1. The van der Waals surface area contributed by atoms with E-state index in [1.54, 1.807) is 7.11 Å². The average molecular weight is 489 g/mol. The van der Waals surface area contributed by atoms with Crippen molar-refractivity contribution >= 4 is 11.8 Å². The van der Waals surface area contributed by atoms with Crippen LogP contribution in [0.4, 0.5) is 0 Å². The summed E-state index contributed by atoms with van der Waals surface area (Å²) in [5.74, 6) is -1.50. The number of carbonyl (C=O) groups is 2. The maximum atomic E-state index is 12.1. The second-order valence-electron chi connectivity index (χ2n) is 9.10. The Labute approximate surface area is 206 Å². The lowest BCUT2D eigenvalue weighted by Gasteiger charge is -2.27. The highest BCUT2D eigenvalue weighted by Crippen LogP contribution is 2.30. The predicted octanol–water partition coefficient (Wildman–Crippen LogP) is 4.96. The molecule has 0 unspecified atom stereocenters. The lowest BCUT2D eigenvalue weighted by Crippen LogP contribution is -2.37. The van der Waals surface area contributed by atoms with Crippen LogP contribution in [0, 0.1) is 0 Å². The van der Waals surface area contributed by atoms with Crippen molar-refractivity contribution in [1.82, 2.24) is 0 Å². The molecule has 8 heteroatoms. The van der Waals surface area contributed by atoms with Crippen LogP contribution in [-0.2, 0) is 38.0 Å². The third kappa shape index (κ3) is 13.1. The van der Waals surface area contributed by atoms with Crippen LogP contribution in [-0.4, -0.2) is 71.1 Å². The number of hydrogen-bond acceptors (Lipinski definition) is 8. The first-order valence-corrected chi connectivity index (χ1v) is 13.0. The van der Waals surface area contributed by atoms with Gasteiger partial charge in [0.05, 0.1) is 31.5 Å². The zero-order chi connectivity index (χ0) is 25.0. The largest absolute Gasteiger partial charge is 0.463 e. The van der Waals surface area contributed by atoms with E-state index in [0.29, 0.717) is 0 Å². The van der Waals surface area contributed by atoms with Gasteiger partial charge >= 0.3 is 5.97 Å². The monoisotopic (exact) mass is 488 g/mol. The average Bonchev–Trinajstić information content (AvgIpc) is 3.34. The van der Waals surface area contributed by atoms with Crippen LogP contribution in [0.1, 0.15) is 96.8 Å². The topological polar surface area (TPSA) is 89.5 Å². The van der Waals surface area contributed by atoms with Crippen LogP contribution in [0.5, 0.6) is 0 Å². The minimum absolute atomic E-state index is 0.0197. The van der Waals surface area contributed by atoms with Gasteiger partial charge in [0.2, 0.25) is 5.78 Å². The summed E-state index contributed by atoms with van der Waals surface area (Å²) >= 11 is 0. The molecule has 0 aromatic rings. The van der Waals surface area contributed by atoms with E-state index in [1.807, 2.05) is 0 Å². The highest BCUT2D eigenvalue weighted by molar-refractivity contribution is 6.33. The van der Waals surface area contributed by atoms with Gasteiger partial charge in [-0.1, -0.05) is 71.1 Å². The van der Waals surface area contributed by atoms with Crippen LogP contribution >= 0.6 is 0 Å². The fraction of sp³-hybridized carbons (Fsp3) is 0.923. The number of carbonyl (C=O) groups excluding carboxylic acids is 2. The molecule has 0 amide bonds. The Hall–Kier alpha value is -1.06. The molecule has 1 saturated heterocycles. The summed E-state index contributed by atoms with van der Waals surface area (Å²) in [5.41, 5.74) is 0. The van der Waals surface area contributed by atoms with Gasteiger partial charge in [-0.05, 0) is 19.3 Å². The van der Waals surface area contributed by atoms with Gasteiger partial charge in [-0.3, -0.25) is 4.79 Å². The van der Waals surface area contributed by atoms with Gasteiger partial charge in [-0.15, -0.1) is 0 Å². The number of ketones is 1. The molecule has 0 aliphatic carbocycles. The number of esters is 1. The maximum Gasteiger partial charge on any atom is 0.374 e. The number of unbranched alkanes of at least 4 members (excludes halogenated alkanes) is 9. The zero-order valence-electron chi connectivity index (χ0n) is 21.9. The van der Waals surface area contributed by atoms with Crippen molar-refractivity contribution in [3.8, 4) is 0 Å². The van der Waals surface area contributed by atoms with Crippen LogP contribution in [0.15, 0.2) is 0 Å². The molecule has 0 N–H and O–H groups in total. The fourth-order valence-electron chi connectivity index (χ4n) is 4.43. The van der Waals surface area contributed by atoms with Gasteiger partial charge in [-0.2, -0.15) is 0 Å². The standard InChI is InChI=1S/C26H48O8/c1-5-6-7-8-9-10-11-12-13-14-15-22(32-19-29-2)23-16-17-24(34-23)25(33-20-30-3)18-21(27)26(28)31-4/h22-25H,5-20H2,1-4H3/t22-,23-,24-,25-/m1/s1. The molecule has 200 valence electrons. The summed E-state index contributed by atoms with van der Waals surface area (Å²) < 4.78 is 32.6. The molecule has 0 aromatic carbocycles. The van der Waals surface area contributed by atoms with Crippen LogP contribution in [0.25, 0.3) is 0 Å². The van der Waals surface area contributed by atoms with E-state index < -0.39 is 17.9 Å². The van der Waals surface area contributed by atoms with Crippen molar-refractivity contribution in [3.05, 3.63) is 0 Å². The number of Topliss-reactive ketones (excluding diaryl/α,β-unsaturated/α-hetero) is 1. The number of rotatable bonds is 22. The summed E-state index contributed by atoms with van der Waals surface area (Å²) in [5, 5.41) is 0. The molecule has 1 heterocycles. The predicted molar refractivity (Wildman–Crippen MR) is 129 cm³/mol. The molecular weight excluding hydrogens is 440 g/mol. The molecule has 34 heavy (non-hydrogen) atoms. The molecule has 1 fully saturated rings. The van der Waals surface area contributed by atoms with E-state index in [-0.39, 0.29) is 38.3 Å². The molecule has 0 saturated carbocycles. The van der Waals surface area contributed by atoms with Crippen molar-refractivity contribution in [2.45, 2.75) is 121 Å². The molecule has 1 aliphatic heterocycles. The summed E-state index contributed by atoms with van der Waals surface area (Å²) in [7, 11) is 4.32. The van der Waals surface area contributed by atoms with E-state index in [9.17, 15) is 9.59 Å². The number of ether oxygens (including phenoxy) is 6. The smallest absolute Gasteiger partial charge is 0.374 e. The first-order valence-electron chi connectivity index (χ1n) is 13.0. The molecule has 4 atom stereocenters. The van der Waals surface area contributed by atoms with Crippen molar-refractivity contribution in [2.75, 3.05) is 34.9 Å². The molecule has 0 radical (unpaired) electrons. The Balaban J connectivity index is 2.45. The second-order valence-corrected chi connectivity index (χ2v) is 9.10. The van der Waals surface area contributed by atoms with E-state index in [4.69, 9.17) is 23.7 Å². The molecule has 1 aliphatic rings. The molecule has 0 spiro atoms. The summed E-state index contributed by atoms with van der Waals surface area (Å²) in [6.07, 6.45) is 14.1. The third-order valence-corrected chi connectivity index (χ3v) is 6.36. The SMILES string of the molecule is CCCCCCCCCCCC[C@@H](OCOC)[C@H]1CC[C@H]([C@@H](CC(=O)C(=O)OC)OCOC)O1. The van der Waals surface area contributed by atoms with Gasteiger partial charge in [0.15, 0.2) is 0 Å². The summed E-state index contributed by atoms with van der Waals surface area (Å²) in [6, 6.07) is 0. The van der Waals surface area contributed by atoms with E-state index in [2.05, 4.69) is 11.7 Å². The summed E-state index contributed by atoms with van der Waals surface area (Å²) in [6.45, 7) is 2.49. The first kappa shape index (κ1) is 31.0. The van der Waals surface area contributed by atoms with Gasteiger partial charge in [-0.25, -0.2) is 4.79 Å². The Kier molecular flexibility index (Phi) is 18.4. The highest BCUT2D eigenvalue weighted by Gasteiger charge is 2.38. The number of hydrogen-bond donors (Lipinski definition) is 0. The Morgan fingerprint density at radius 2 is 1.26 bits per heavy atom. The van der Waals surface area contributed by atoms with Gasteiger partial charge in [0.1, 0.15) is 13.6 Å². The van der Waals surface area contributed by atoms with E-state index in [0.717, 1.165) is 25.7 Å². The molecule has 1 rings (SSSR count). The summed E-state index contributed by atoms with van der Waals surface area (Å²) in [4.78, 5) is 23.6. The first-order chi connectivity index (χ1) is 16.6. The van der Waals surface area contributed by atoms with Gasteiger partial charge < -0.3 is 28.4 Å². The zero-order valence-corrected chi connectivity index (χ0v) is 21.9. The lowest BCUT2D eigenvalue weighted by molar-refractivity contribution is -0.166. The van der Waals surface area contributed by atoms with Gasteiger partial charge in [0.25, 0.3) is 0 Å². The quantitative estimate of drug-likeness (QED) is 0.0915. The Morgan fingerprint density at radius 3 is 1.79 bits per heavy atom. The second kappa shape index (κ2) is 20.2. The minimum Gasteiger partial charge on any atom is -0.463 e. The molecule has 0 aromatic heterocycles. The van der Waals surface area contributed by atoms with Crippen molar-refractivity contribution in [1.29, 1.82) is 0 Å². The van der Waals surface area contributed by atoms with Gasteiger partial charge in [0, 0.05) is 20.6 Å². The van der Waals surface area contributed by atoms with Crippen molar-refractivity contribution in [2.24, 2.45) is 0 Å². The van der Waals surface area contributed by atoms with Crippen LogP contribution in [0.3, 0.4) is 0 Å². The van der Waals surface area contributed by atoms with Crippen molar-refractivity contribution < 1.29 is 38.0 Å². The highest BCUT2D eigenvalue weighted by atomic mass is 16.7. The molecule has 0 bridgehead atoms. The molecular formula is C26H48O8. The van der Waals surface area contributed by atoms with E-state index in [1.165, 1.54) is 72.0 Å². The Morgan fingerprint density at radius 1 is 0.765 bits per heavy atom. The van der Waals surface area contributed by atoms with Crippen molar-refractivity contribution in [3.63, 3.8) is 0 Å². The molecule has 8 nitrogen and oxygen atoms in total. The van der Waals surface area contributed by atoms with Crippen LogP contribution in [0.2, 0.25) is 0 Å². The third-order valence-electron chi connectivity index (χ3n) is 6.36. The fourth-order valence-corrected chi connectivity index (χ4v) is 4.43. The normalized spacial score (nSPS) is 19.8.